The molecule has 0 rings (SSSR count). The fraction of sp³-hybridized carbons (Fsp3) is 0.727. The van der Waals surface area contributed by atoms with E-state index in [0.717, 1.165) is 49.9 Å². The van der Waals surface area contributed by atoms with Gasteiger partial charge in [0.05, 0.1) is 6.61 Å². The number of carbonyl (C=O) groups is 1. The molecule has 0 aromatic carbocycles. The van der Waals surface area contributed by atoms with Gasteiger partial charge >= 0.3 is 5.97 Å². The Kier molecular flexibility index (Phi) is 11.1. The SMILES string of the molecule is C=CC(=O)OCCCCCCCCSP(O)(O)=S. The third-order valence-corrected chi connectivity index (χ3v) is 5.52. The smallest absolute Gasteiger partial charge is 0.330 e. The summed E-state index contributed by atoms with van der Waals surface area (Å²) in [5.74, 6) is 0.345. The Bertz CT molecular complexity index is 291. The van der Waals surface area contributed by atoms with Crippen LogP contribution in [0.15, 0.2) is 12.7 Å². The molecule has 0 heterocycles. The Balaban J connectivity index is 3.15. The first-order chi connectivity index (χ1) is 8.45. The van der Waals surface area contributed by atoms with E-state index in [1.165, 1.54) is 6.08 Å². The second-order valence-corrected chi connectivity index (χ2v) is 9.99. The van der Waals surface area contributed by atoms with Crippen LogP contribution in [-0.2, 0) is 21.3 Å². The lowest BCUT2D eigenvalue weighted by atomic mass is 10.1. The zero-order valence-corrected chi connectivity index (χ0v) is 12.9. The Morgan fingerprint density at radius 1 is 1.22 bits per heavy atom. The molecule has 0 aliphatic rings. The Morgan fingerprint density at radius 2 is 1.78 bits per heavy atom. The summed E-state index contributed by atoms with van der Waals surface area (Å²) >= 11 is 5.58. The predicted molar refractivity (Wildman–Crippen MR) is 80.0 cm³/mol. The molecule has 2 N–H and O–H groups in total. The molecule has 0 spiro atoms. The highest BCUT2D eigenvalue weighted by Crippen LogP contribution is 2.50. The van der Waals surface area contributed by atoms with Gasteiger partial charge in [-0.05, 0) is 24.6 Å². The highest BCUT2D eigenvalue weighted by atomic mass is 32.9. The number of unbranched alkanes of at least 4 members (excludes halogenated alkanes) is 5. The molecule has 0 aromatic rings. The topological polar surface area (TPSA) is 66.8 Å². The van der Waals surface area contributed by atoms with Crippen LogP contribution in [0.5, 0.6) is 0 Å². The van der Waals surface area contributed by atoms with Crippen LogP contribution in [0.4, 0.5) is 0 Å². The van der Waals surface area contributed by atoms with Crippen LogP contribution in [0.3, 0.4) is 0 Å². The van der Waals surface area contributed by atoms with Crippen molar-refractivity contribution in [3.8, 4) is 0 Å². The number of ether oxygens (including phenoxy) is 1. The minimum absolute atomic E-state index is 0.365. The lowest BCUT2D eigenvalue weighted by Gasteiger charge is -2.06. The van der Waals surface area contributed by atoms with Gasteiger partial charge in [0.25, 0.3) is 0 Å². The van der Waals surface area contributed by atoms with Crippen LogP contribution in [0.2, 0.25) is 0 Å². The number of rotatable bonds is 11. The Hall–Kier alpha value is 0.130. The molecule has 0 amide bonds. The number of carbonyl (C=O) groups excluding carboxylic acids is 1. The average molecular weight is 312 g/mol. The van der Waals surface area contributed by atoms with E-state index in [0.29, 0.717) is 12.4 Å². The van der Waals surface area contributed by atoms with Gasteiger partial charge in [0, 0.05) is 11.8 Å². The molecule has 0 bridgehead atoms. The largest absolute Gasteiger partial charge is 0.463 e. The summed E-state index contributed by atoms with van der Waals surface area (Å²) in [7, 11) is 0. The quantitative estimate of drug-likeness (QED) is 0.265. The fourth-order valence-electron chi connectivity index (χ4n) is 1.33. The van der Waals surface area contributed by atoms with E-state index in [1.807, 2.05) is 0 Å². The minimum atomic E-state index is -3.06. The molecule has 0 saturated carbocycles. The van der Waals surface area contributed by atoms with E-state index in [9.17, 15) is 4.79 Å². The van der Waals surface area contributed by atoms with Crippen molar-refractivity contribution in [3.63, 3.8) is 0 Å². The number of hydrogen-bond donors (Lipinski definition) is 2. The summed E-state index contributed by atoms with van der Waals surface area (Å²) in [5, 5.41) is 0. The Morgan fingerprint density at radius 3 is 2.33 bits per heavy atom. The van der Waals surface area contributed by atoms with Crippen LogP contribution in [-0.4, -0.2) is 28.1 Å². The maximum atomic E-state index is 10.7. The lowest BCUT2D eigenvalue weighted by Crippen LogP contribution is -2.01. The standard InChI is InChI=1S/C11H21O4PS2/c1-2-11(12)15-9-7-5-3-4-6-8-10-18-16(13,14)17/h2H,1,3-10H2,(H2,13,14,17). The third kappa shape index (κ3) is 14.2. The fourth-order valence-corrected chi connectivity index (χ4v) is 3.67. The highest BCUT2D eigenvalue weighted by Gasteiger charge is 2.06. The van der Waals surface area contributed by atoms with Gasteiger partial charge in [0.2, 0.25) is 5.69 Å². The summed E-state index contributed by atoms with van der Waals surface area (Å²) < 4.78 is 4.85. The minimum Gasteiger partial charge on any atom is -0.463 e. The third-order valence-electron chi connectivity index (χ3n) is 2.21. The van der Waals surface area contributed by atoms with Gasteiger partial charge in [-0.3, -0.25) is 0 Å². The molecule has 0 fully saturated rings. The van der Waals surface area contributed by atoms with Crippen LogP contribution in [0.1, 0.15) is 38.5 Å². The lowest BCUT2D eigenvalue weighted by molar-refractivity contribution is -0.137. The van der Waals surface area contributed by atoms with Crippen molar-refractivity contribution in [1.29, 1.82) is 0 Å². The normalized spacial score (nSPS) is 11.2. The van der Waals surface area contributed by atoms with Gasteiger partial charge in [-0.15, -0.1) is 0 Å². The second kappa shape index (κ2) is 11.0. The number of hydrogen-bond acceptors (Lipinski definition) is 4. The molecule has 7 heteroatoms. The van der Waals surface area contributed by atoms with E-state index < -0.39 is 5.69 Å². The van der Waals surface area contributed by atoms with Gasteiger partial charge in [-0.1, -0.05) is 43.6 Å². The van der Waals surface area contributed by atoms with Crippen LogP contribution in [0, 0.1) is 0 Å². The van der Waals surface area contributed by atoms with Gasteiger partial charge in [-0.25, -0.2) is 4.79 Å². The van der Waals surface area contributed by atoms with Crippen LogP contribution < -0.4 is 0 Å². The first kappa shape index (κ1) is 18.1. The zero-order valence-electron chi connectivity index (χ0n) is 10.4. The van der Waals surface area contributed by atoms with E-state index in [4.69, 9.17) is 14.5 Å². The maximum absolute atomic E-state index is 10.7. The van der Waals surface area contributed by atoms with Gasteiger partial charge < -0.3 is 14.5 Å². The summed E-state index contributed by atoms with van der Waals surface area (Å²) in [6, 6.07) is 0. The van der Waals surface area contributed by atoms with Gasteiger partial charge in [-0.2, -0.15) is 0 Å². The molecular weight excluding hydrogens is 291 g/mol. The molecule has 0 radical (unpaired) electrons. The van der Waals surface area contributed by atoms with Crippen molar-refractivity contribution in [2.24, 2.45) is 0 Å². The van der Waals surface area contributed by atoms with Gasteiger partial charge in [0.15, 0.2) is 0 Å². The molecule has 4 nitrogen and oxygen atoms in total. The second-order valence-electron chi connectivity index (χ2n) is 3.82. The van der Waals surface area contributed by atoms with E-state index in [-0.39, 0.29) is 5.97 Å². The van der Waals surface area contributed by atoms with Gasteiger partial charge in [0.1, 0.15) is 0 Å². The highest BCUT2D eigenvalue weighted by molar-refractivity contribution is 8.67. The molecule has 0 atom stereocenters. The molecule has 106 valence electrons. The summed E-state index contributed by atoms with van der Waals surface area (Å²) in [5.41, 5.74) is -3.06. The maximum Gasteiger partial charge on any atom is 0.330 e. The molecule has 0 unspecified atom stereocenters. The van der Waals surface area contributed by atoms with Crippen molar-refractivity contribution in [2.75, 3.05) is 12.4 Å². The first-order valence-electron chi connectivity index (χ1n) is 5.95. The van der Waals surface area contributed by atoms with E-state index in [1.54, 1.807) is 0 Å². The van der Waals surface area contributed by atoms with Crippen molar-refractivity contribution < 1.29 is 19.3 Å². The van der Waals surface area contributed by atoms with Crippen molar-refractivity contribution in [2.45, 2.75) is 38.5 Å². The van der Waals surface area contributed by atoms with E-state index in [2.05, 4.69) is 18.4 Å². The molecular formula is C11H21O4PS2. The summed E-state index contributed by atoms with van der Waals surface area (Å²) in [6.07, 6.45) is 7.31. The van der Waals surface area contributed by atoms with E-state index >= 15 is 0 Å². The number of esters is 1. The van der Waals surface area contributed by atoms with Crippen molar-refractivity contribution >= 4 is 34.9 Å². The molecule has 0 saturated heterocycles. The molecule has 18 heavy (non-hydrogen) atoms. The molecule has 0 aliphatic carbocycles. The monoisotopic (exact) mass is 312 g/mol. The average Bonchev–Trinajstić information content (AvgIpc) is 2.29. The van der Waals surface area contributed by atoms with Crippen LogP contribution >= 0.6 is 17.1 Å². The summed E-state index contributed by atoms with van der Waals surface area (Å²) in [4.78, 5) is 28.7. The molecule has 0 aromatic heterocycles. The summed E-state index contributed by atoms with van der Waals surface area (Å²) in [6.45, 7) is 3.77. The van der Waals surface area contributed by atoms with Crippen molar-refractivity contribution in [3.05, 3.63) is 12.7 Å². The first-order valence-corrected chi connectivity index (χ1v) is 10.2. The van der Waals surface area contributed by atoms with Crippen LogP contribution in [0.25, 0.3) is 0 Å². The Labute approximate surface area is 118 Å². The zero-order chi connectivity index (χ0) is 13.9. The predicted octanol–water partition coefficient (Wildman–Crippen LogP) is 3.00. The van der Waals surface area contributed by atoms with Crippen molar-refractivity contribution in [1.82, 2.24) is 0 Å². The molecule has 0 aliphatic heterocycles.